The molecule has 0 radical (unpaired) electrons. The lowest BCUT2D eigenvalue weighted by molar-refractivity contribution is -0.108. The zero-order valence-corrected chi connectivity index (χ0v) is 7.15. The molecule has 0 saturated heterocycles. The van der Waals surface area contributed by atoms with Gasteiger partial charge in [-0.2, -0.15) is 0 Å². The molecule has 0 aromatic carbocycles. The quantitative estimate of drug-likeness (QED) is 0.406. The highest BCUT2D eigenvalue weighted by Gasteiger charge is 2.14. The third-order valence-electron chi connectivity index (χ3n) is 0.762. The maximum absolute atomic E-state index is 10.6. The first-order chi connectivity index (χ1) is 4.33. The third kappa shape index (κ3) is 4.74. The van der Waals surface area contributed by atoms with Crippen molar-refractivity contribution in [1.29, 1.82) is 0 Å². The van der Waals surface area contributed by atoms with E-state index in [-0.39, 0.29) is 11.7 Å². The summed E-state index contributed by atoms with van der Waals surface area (Å²) in [6, 6.07) is 0. The van der Waals surface area contributed by atoms with Crippen LogP contribution < -0.4 is 0 Å². The SMILES string of the molecule is C=C(CP(C)(=O)O)C(=O)Cl. The number of halogens is 1. The molecule has 0 spiro atoms. The van der Waals surface area contributed by atoms with Gasteiger partial charge in [0.2, 0.25) is 12.6 Å². The molecule has 5 heteroatoms. The molecule has 0 saturated carbocycles. The molecule has 1 atom stereocenters. The second-order valence-corrected chi connectivity index (χ2v) is 4.85. The Bertz CT molecular complexity index is 205. The Kier molecular flexibility index (Phi) is 3.29. The number of carbonyl (C=O) groups is 1. The van der Waals surface area contributed by atoms with Crippen molar-refractivity contribution >= 4 is 24.2 Å². The highest BCUT2D eigenvalue weighted by atomic mass is 35.5. The zero-order chi connectivity index (χ0) is 8.36. The van der Waals surface area contributed by atoms with E-state index < -0.39 is 12.6 Å². The number of hydrogen-bond donors (Lipinski definition) is 1. The molecule has 0 amide bonds. The van der Waals surface area contributed by atoms with Gasteiger partial charge in [-0.05, 0) is 11.6 Å². The van der Waals surface area contributed by atoms with Crippen molar-refractivity contribution in [2.45, 2.75) is 0 Å². The minimum absolute atomic E-state index is 0.0185. The van der Waals surface area contributed by atoms with Gasteiger partial charge in [-0.15, -0.1) is 0 Å². The lowest BCUT2D eigenvalue weighted by Crippen LogP contribution is -1.97. The molecule has 3 nitrogen and oxygen atoms in total. The summed E-state index contributed by atoms with van der Waals surface area (Å²) in [6.45, 7) is 4.38. The van der Waals surface area contributed by atoms with E-state index >= 15 is 0 Å². The Morgan fingerprint density at radius 3 is 2.30 bits per heavy atom. The van der Waals surface area contributed by atoms with E-state index in [0.29, 0.717) is 0 Å². The van der Waals surface area contributed by atoms with Crippen molar-refractivity contribution in [2.75, 3.05) is 12.8 Å². The molecular weight excluding hydrogens is 174 g/mol. The summed E-state index contributed by atoms with van der Waals surface area (Å²) in [5.74, 6) is 0. The van der Waals surface area contributed by atoms with Crippen LogP contribution in [0.5, 0.6) is 0 Å². The maximum Gasteiger partial charge on any atom is 0.248 e. The van der Waals surface area contributed by atoms with E-state index in [4.69, 9.17) is 16.5 Å². The highest BCUT2D eigenvalue weighted by molar-refractivity contribution is 7.57. The van der Waals surface area contributed by atoms with Gasteiger partial charge in [0.05, 0.1) is 6.16 Å². The van der Waals surface area contributed by atoms with Gasteiger partial charge in [-0.25, -0.2) is 0 Å². The largest absolute Gasteiger partial charge is 0.344 e. The van der Waals surface area contributed by atoms with E-state index in [2.05, 4.69) is 6.58 Å². The van der Waals surface area contributed by atoms with Crippen LogP contribution in [0.2, 0.25) is 0 Å². The van der Waals surface area contributed by atoms with E-state index in [9.17, 15) is 9.36 Å². The topological polar surface area (TPSA) is 54.4 Å². The summed E-state index contributed by atoms with van der Waals surface area (Å²) in [5, 5.41) is -0.754. The molecule has 58 valence electrons. The predicted molar refractivity (Wildman–Crippen MR) is 40.6 cm³/mol. The number of hydrogen-bond acceptors (Lipinski definition) is 2. The lowest BCUT2D eigenvalue weighted by Gasteiger charge is -2.02. The summed E-state index contributed by atoms with van der Waals surface area (Å²) in [5.41, 5.74) is -0.0185. The minimum atomic E-state index is -3.18. The molecule has 0 aromatic rings. The van der Waals surface area contributed by atoms with Crippen LogP contribution >= 0.6 is 19.0 Å². The van der Waals surface area contributed by atoms with Crippen molar-refractivity contribution in [2.24, 2.45) is 0 Å². The van der Waals surface area contributed by atoms with E-state index in [0.717, 1.165) is 6.66 Å². The Morgan fingerprint density at radius 2 is 2.20 bits per heavy atom. The molecule has 0 aliphatic heterocycles. The van der Waals surface area contributed by atoms with Gasteiger partial charge in [0, 0.05) is 12.2 Å². The molecule has 0 fully saturated rings. The summed E-state index contributed by atoms with van der Waals surface area (Å²) < 4.78 is 10.6. The molecule has 0 aliphatic carbocycles. The van der Waals surface area contributed by atoms with E-state index in [1.807, 2.05) is 0 Å². The Balaban J connectivity index is 4.07. The summed E-state index contributed by atoms with van der Waals surface area (Å²) in [7, 11) is -3.18. The standard InChI is InChI=1S/C5H8ClO3P/c1-4(5(6)7)3-10(2,8)9/h1,3H2,2H3,(H,8,9). The second-order valence-electron chi connectivity index (χ2n) is 2.09. The van der Waals surface area contributed by atoms with Crippen LogP contribution in [0.3, 0.4) is 0 Å². The fourth-order valence-corrected chi connectivity index (χ4v) is 1.43. The average Bonchev–Trinajstić information content (AvgIpc) is 1.60. The lowest BCUT2D eigenvalue weighted by atomic mass is 10.4. The van der Waals surface area contributed by atoms with Gasteiger partial charge < -0.3 is 4.89 Å². The van der Waals surface area contributed by atoms with E-state index in [1.165, 1.54) is 0 Å². The van der Waals surface area contributed by atoms with Gasteiger partial charge in [0.1, 0.15) is 0 Å². The maximum atomic E-state index is 10.6. The molecule has 10 heavy (non-hydrogen) atoms. The van der Waals surface area contributed by atoms with Gasteiger partial charge in [-0.1, -0.05) is 6.58 Å². The van der Waals surface area contributed by atoms with Crippen LogP contribution in [0, 0.1) is 0 Å². The van der Waals surface area contributed by atoms with Crippen molar-refractivity contribution in [1.82, 2.24) is 0 Å². The molecule has 0 aliphatic rings. The molecule has 0 aromatic heterocycles. The van der Waals surface area contributed by atoms with Crippen LogP contribution in [0.25, 0.3) is 0 Å². The van der Waals surface area contributed by atoms with Gasteiger partial charge >= 0.3 is 0 Å². The molecule has 0 rings (SSSR count). The summed E-state index contributed by atoms with van der Waals surface area (Å²) >= 11 is 4.96. The normalized spacial score (nSPS) is 15.9. The van der Waals surface area contributed by atoms with Crippen molar-refractivity contribution < 1.29 is 14.3 Å². The second kappa shape index (κ2) is 3.33. The van der Waals surface area contributed by atoms with Crippen LogP contribution in [0.1, 0.15) is 0 Å². The Labute approximate surface area is 64.1 Å². The monoisotopic (exact) mass is 182 g/mol. The van der Waals surface area contributed by atoms with Gasteiger partial charge in [0.15, 0.2) is 0 Å². The van der Waals surface area contributed by atoms with Gasteiger partial charge in [-0.3, -0.25) is 9.36 Å². The molecule has 0 heterocycles. The first kappa shape index (κ1) is 9.89. The zero-order valence-electron chi connectivity index (χ0n) is 5.50. The number of carbonyl (C=O) groups excluding carboxylic acids is 1. The number of rotatable bonds is 3. The van der Waals surface area contributed by atoms with Crippen LogP contribution in [-0.4, -0.2) is 23.0 Å². The average molecular weight is 183 g/mol. The molecule has 0 bridgehead atoms. The third-order valence-corrected chi connectivity index (χ3v) is 2.00. The summed E-state index contributed by atoms with van der Waals surface area (Å²) in [6.07, 6.45) is -0.227. The smallest absolute Gasteiger partial charge is 0.248 e. The highest BCUT2D eigenvalue weighted by Crippen LogP contribution is 2.37. The first-order valence-electron chi connectivity index (χ1n) is 2.50. The fourth-order valence-electron chi connectivity index (χ4n) is 0.416. The van der Waals surface area contributed by atoms with Crippen LogP contribution in [0.4, 0.5) is 0 Å². The first-order valence-corrected chi connectivity index (χ1v) is 5.17. The molecular formula is C5H8ClO3P. The fraction of sp³-hybridized carbons (Fsp3) is 0.400. The van der Waals surface area contributed by atoms with Crippen LogP contribution in [-0.2, 0) is 9.36 Å². The van der Waals surface area contributed by atoms with E-state index in [1.54, 1.807) is 0 Å². The predicted octanol–water partition coefficient (Wildman–Crippen LogP) is 1.21. The van der Waals surface area contributed by atoms with Crippen molar-refractivity contribution in [3.8, 4) is 0 Å². The number of allylic oxidation sites excluding steroid dienone is 1. The van der Waals surface area contributed by atoms with Crippen molar-refractivity contribution in [3.63, 3.8) is 0 Å². The molecule has 1 unspecified atom stereocenters. The van der Waals surface area contributed by atoms with Gasteiger partial charge in [0.25, 0.3) is 0 Å². The molecule has 1 N–H and O–H groups in total. The van der Waals surface area contributed by atoms with Crippen molar-refractivity contribution in [3.05, 3.63) is 12.2 Å². The summed E-state index contributed by atoms with van der Waals surface area (Å²) in [4.78, 5) is 19.0. The Morgan fingerprint density at radius 1 is 1.80 bits per heavy atom. The Hall–Kier alpha value is -0.110. The minimum Gasteiger partial charge on any atom is -0.344 e. The van der Waals surface area contributed by atoms with Crippen LogP contribution in [0.15, 0.2) is 12.2 Å².